The van der Waals surface area contributed by atoms with Crippen LogP contribution < -0.4 is 23.8 Å². The van der Waals surface area contributed by atoms with E-state index in [0.29, 0.717) is 30.2 Å². The van der Waals surface area contributed by atoms with Gasteiger partial charge in [-0.2, -0.15) is 0 Å². The van der Waals surface area contributed by atoms with E-state index in [4.69, 9.17) is 14.2 Å². The van der Waals surface area contributed by atoms with Crippen molar-refractivity contribution in [3.8, 4) is 17.2 Å². The van der Waals surface area contributed by atoms with Gasteiger partial charge in [0.2, 0.25) is 11.8 Å². The van der Waals surface area contributed by atoms with Gasteiger partial charge in [0, 0.05) is 25.6 Å². The second-order valence-electron chi connectivity index (χ2n) is 10.8. The number of hydrogen-bond donors (Lipinski definition) is 1. The lowest BCUT2D eigenvalue weighted by Gasteiger charge is -2.34. The summed E-state index contributed by atoms with van der Waals surface area (Å²) >= 11 is 0. The van der Waals surface area contributed by atoms with Crippen molar-refractivity contribution in [1.82, 2.24) is 10.2 Å². The van der Waals surface area contributed by atoms with E-state index in [-0.39, 0.29) is 35.9 Å². The Morgan fingerprint density at radius 1 is 0.894 bits per heavy atom. The number of fused-ring (bicyclic) bond motifs is 1. The molecule has 1 aliphatic rings. The molecule has 0 aliphatic carbocycles. The summed E-state index contributed by atoms with van der Waals surface area (Å²) in [4.78, 5) is 29.3. The van der Waals surface area contributed by atoms with Crippen LogP contribution in [-0.2, 0) is 32.6 Å². The van der Waals surface area contributed by atoms with Crippen molar-refractivity contribution < 1.29 is 36.6 Å². The highest BCUT2D eigenvalue weighted by atomic mass is 32.2. The Balaban J connectivity index is 1.57. The van der Waals surface area contributed by atoms with Gasteiger partial charge in [0.1, 0.15) is 37.4 Å². The molecule has 0 saturated heterocycles. The fraction of sp³-hybridized carbons (Fsp3) is 0.257. The van der Waals surface area contributed by atoms with Gasteiger partial charge in [-0.1, -0.05) is 42.5 Å². The molecule has 2 amide bonds. The predicted octanol–water partition coefficient (Wildman–Crippen LogP) is 4.58. The third-order valence-electron chi connectivity index (χ3n) is 7.60. The second-order valence-corrected chi connectivity index (χ2v) is 12.6. The van der Waals surface area contributed by atoms with Crippen LogP contribution in [0, 0.1) is 5.82 Å². The number of halogens is 1. The number of sulfonamides is 1. The molecule has 0 radical (unpaired) electrons. The summed E-state index contributed by atoms with van der Waals surface area (Å²) in [6.07, 6.45) is 0.174. The molecule has 246 valence electrons. The van der Waals surface area contributed by atoms with E-state index in [2.05, 4.69) is 5.32 Å². The molecule has 12 heteroatoms. The monoisotopic (exact) mass is 661 g/mol. The summed E-state index contributed by atoms with van der Waals surface area (Å²) in [6, 6.07) is 24.3. The number of amides is 2. The second kappa shape index (κ2) is 15.0. The maximum atomic E-state index is 14.5. The molecule has 1 N–H and O–H groups in total. The van der Waals surface area contributed by atoms with Crippen LogP contribution in [0.1, 0.15) is 18.1 Å². The number of nitrogens with one attached hydrogen (secondary N) is 1. The van der Waals surface area contributed by atoms with Crippen LogP contribution in [0.2, 0.25) is 0 Å². The van der Waals surface area contributed by atoms with E-state index in [1.165, 1.54) is 42.3 Å². The fourth-order valence-electron chi connectivity index (χ4n) is 5.26. The number of carbonyl (C=O) groups excluding carboxylic acids is 2. The fourth-order valence-corrected chi connectivity index (χ4v) is 6.69. The van der Waals surface area contributed by atoms with Gasteiger partial charge in [0.05, 0.1) is 17.7 Å². The number of nitrogens with zero attached hydrogens (tertiary/aromatic N) is 2. The van der Waals surface area contributed by atoms with Crippen LogP contribution in [0.15, 0.2) is 102 Å². The smallest absolute Gasteiger partial charge is 0.264 e. The third-order valence-corrected chi connectivity index (χ3v) is 9.37. The van der Waals surface area contributed by atoms with Crippen LogP contribution >= 0.6 is 0 Å². The van der Waals surface area contributed by atoms with Gasteiger partial charge in [0.25, 0.3) is 10.0 Å². The minimum atomic E-state index is -4.42. The first kappa shape index (κ1) is 33.3. The SMILES string of the molecule is CCNC(=O)[C@@H](Cc1ccccc1)N(Cc1cccc(OC)c1)C(=O)CN(c1ccc(F)cc1)S(=O)(=O)c1ccc2c(c1)OCCO2. The Morgan fingerprint density at radius 2 is 1.60 bits per heavy atom. The lowest BCUT2D eigenvalue weighted by atomic mass is 10.0. The Bertz CT molecular complexity index is 1800. The van der Waals surface area contributed by atoms with Crippen molar-refractivity contribution in [3.05, 3.63) is 114 Å². The zero-order chi connectivity index (χ0) is 33.4. The number of carbonyl (C=O) groups is 2. The zero-order valence-corrected chi connectivity index (χ0v) is 26.9. The molecule has 10 nitrogen and oxygen atoms in total. The summed E-state index contributed by atoms with van der Waals surface area (Å²) < 4.78 is 60.0. The van der Waals surface area contributed by atoms with E-state index in [0.717, 1.165) is 22.0 Å². The minimum absolute atomic E-state index is 0.0218. The average Bonchev–Trinajstić information content (AvgIpc) is 3.09. The number of ether oxygens (including phenoxy) is 3. The predicted molar refractivity (Wildman–Crippen MR) is 175 cm³/mol. The van der Waals surface area contributed by atoms with Gasteiger partial charge in [-0.3, -0.25) is 13.9 Å². The lowest BCUT2D eigenvalue weighted by Crippen LogP contribution is -2.53. The number of likely N-dealkylation sites (N-methyl/N-ethyl adjacent to an activating group) is 1. The van der Waals surface area contributed by atoms with Gasteiger partial charge >= 0.3 is 0 Å². The van der Waals surface area contributed by atoms with Crippen LogP contribution in [0.3, 0.4) is 0 Å². The van der Waals surface area contributed by atoms with Crippen LogP contribution in [0.25, 0.3) is 0 Å². The maximum absolute atomic E-state index is 14.5. The summed E-state index contributed by atoms with van der Waals surface area (Å²) in [5.74, 6) is -0.408. The standard InChI is InChI=1S/C35H36FN3O7S/c1-3-37-35(41)31(21-25-8-5-4-6-9-25)38(23-26-10-7-11-29(20-26)44-2)34(40)24-39(28-14-12-27(36)13-15-28)47(42,43)30-16-17-32-33(22-30)46-19-18-45-32/h4-17,20,22,31H,3,18-19,21,23-24H2,1-2H3,(H,37,41)/t31-/m1/s1. The molecule has 4 aromatic carbocycles. The third kappa shape index (κ3) is 8.01. The first-order valence-corrected chi connectivity index (χ1v) is 16.6. The van der Waals surface area contributed by atoms with E-state index >= 15 is 0 Å². The number of anilines is 1. The number of benzene rings is 4. The molecule has 5 rings (SSSR count). The van der Waals surface area contributed by atoms with E-state index in [1.807, 2.05) is 30.3 Å². The molecule has 0 unspecified atom stereocenters. The van der Waals surface area contributed by atoms with Crippen LogP contribution in [-0.4, -0.2) is 64.6 Å². The first-order chi connectivity index (χ1) is 22.7. The van der Waals surface area contributed by atoms with E-state index < -0.39 is 40.2 Å². The van der Waals surface area contributed by atoms with Gasteiger partial charge in [-0.05, 0) is 66.6 Å². The minimum Gasteiger partial charge on any atom is -0.497 e. The molecule has 0 bridgehead atoms. The van der Waals surface area contributed by atoms with Gasteiger partial charge in [-0.25, -0.2) is 12.8 Å². The lowest BCUT2D eigenvalue weighted by molar-refractivity contribution is -0.140. The zero-order valence-electron chi connectivity index (χ0n) is 26.1. The molecular formula is C35H36FN3O7S. The van der Waals surface area contributed by atoms with Crippen molar-refractivity contribution >= 4 is 27.5 Å². The van der Waals surface area contributed by atoms with Crippen molar-refractivity contribution in [2.75, 3.05) is 37.7 Å². The maximum Gasteiger partial charge on any atom is 0.264 e. The molecule has 47 heavy (non-hydrogen) atoms. The van der Waals surface area contributed by atoms with Gasteiger partial charge in [-0.15, -0.1) is 0 Å². The van der Waals surface area contributed by atoms with Gasteiger partial charge < -0.3 is 24.4 Å². The highest BCUT2D eigenvalue weighted by molar-refractivity contribution is 7.92. The highest BCUT2D eigenvalue weighted by Crippen LogP contribution is 2.34. The normalized spacial score (nSPS) is 12.9. The highest BCUT2D eigenvalue weighted by Gasteiger charge is 2.35. The number of methoxy groups -OCH3 is 1. The largest absolute Gasteiger partial charge is 0.497 e. The molecule has 0 fully saturated rings. The summed E-state index contributed by atoms with van der Waals surface area (Å²) in [5.41, 5.74) is 1.54. The summed E-state index contributed by atoms with van der Waals surface area (Å²) in [6.45, 7) is 1.98. The Hall–Kier alpha value is -5.10. The van der Waals surface area contributed by atoms with Crippen LogP contribution in [0.5, 0.6) is 17.2 Å². The van der Waals surface area contributed by atoms with Crippen molar-refractivity contribution in [1.29, 1.82) is 0 Å². The molecule has 1 heterocycles. The number of rotatable bonds is 13. The molecule has 1 atom stereocenters. The van der Waals surface area contributed by atoms with Gasteiger partial charge in [0.15, 0.2) is 11.5 Å². The molecular weight excluding hydrogens is 625 g/mol. The summed E-state index contributed by atoms with van der Waals surface area (Å²) in [5, 5.41) is 2.83. The van der Waals surface area contributed by atoms with Crippen molar-refractivity contribution in [2.45, 2.75) is 30.8 Å². The Labute approximate surface area is 273 Å². The molecule has 4 aromatic rings. The summed E-state index contributed by atoms with van der Waals surface area (Å²) in [7, 11) is -2.89. The van der Waals surface area contributed by atoms with Crippen molar-refractivity contribution in [3.63, 3.8) is 0 Å². The molecule has 0 saturated carbocycles. The van der Waals surface area contributed by atoms with E-state index in [9.17, 15) is 22.4 Å². The quantitative estimate of drug-likeness (QED) is 0.223. The van der Waals surface area contributed by atoms with Crippen LogP contribution in [0.4, 0.5) is 10.1 Å². The topological polar surface area (TPSA) is 114 Å². The first-order valence-electron chi connectivity index (χ1n) is 15.1. The number of hydrogen-bond acceptors (Lipinski definition) is 7. The Morgan fingerprint density at radius 3 is 2.30 bits per heavy atom. The molecule has 0 spiro atoms. The molecule has 0 aromatic heterocycles. The average molecular weight is 662 g/mol. The molecule has 1 aliphatic heterocycles. The Kier molecular flexibility index (Phi) is 10.6. The van der Waals surface area contributed by atoms with E-state index in [1.54, 1.807) is 31.2 Å². The van der Waals surface area contributed by atoms with Crippen molar-refractivity contribution in [2.24, 2.45) is 0 Å².